The average Bonchev–Trinajstić information content (AvgIpc) is 3.42. The SMILES string of the molecule is Cc1ccc(C)c(C(=O)NC2CC3C(=O)NC4CCN(C(=O)c5cccc(F)c5)C4C(=O)N3C2)c1. The van der Waals surface area contributed by atoms with Crippen molar-refractivity contribution in [3.63, 3.8) is 0 Å². The van der Waals surface area contributed by atoms with Gasteiger partial charge in [-0.2, -0.15) is 0 Å². The van der Waals surface area contributed by atoms with Crippen molar-refractivity contribution in [3.05, 3.63) is 70.5 Å². The van der Waals surface area contributed by atoms with Gasteiger partial charge in [0.25, 0.3) is 11.8 Å². The van der Waals surface area contributed by atoms with Crippen molar-refractivity contribution in [2.75, 3.05) is 13.1 Å². The lowest BCUT2D eigenvalue weighted by molar-refractivity contribution is -0.138. The van der Waals surface area contributed by atoms with Gasteiger partial charge in [0.15, 0.2) is 0 Å². The highest BCUT2D eigenvalue weighted by Gasteiger charge is 2.52. The van der Waals surface area contributed by atoms with Crippen LogP contribution in [0.4, 0.5) is 4.39 Å². The van der Waals surface area contributed by atoms with E-state index in [9.17, 15) is 23.6 Å². The molecular formula is C26H27FN4O4. The molecule has 3 aliphatic heterocycles. The number of carbonyl (C=O) groups is 4. The van der Waals surface area contributed by atoms with Crippen LogP contribution < -0.4 is 10.6 Å². The molecule has 3 saturated heterocycles. The average molecular weight is 479 g/mol. The molecule has 9 heteroatoms. The van der Waals surface area contributed by atoms with Crippen LogP contribution in [-0.4, -0.2) is 70.7 Å². The van der Waals surface area contributed by atoms with Gasteiger partial charge in [-0.3, -0.25) is 19.2 Å². The zero-order chi connectivity index (χ0) is 24.9. The monoisotopic (exact) mass is 478 g/mol. The van der Waals surface area contributed by atoms with Crippen molar-refractivity contribution < 1.29 is 23.6 Å². The minimum atomic E-state index is -0.867. The van der Waals surface area contributed by atoms with Gasteiger partial charge < -0.3 is 20.4 Å². The van der Waals surface area contributed by atoms with Crippen LogP contribution in [0.5, 0.6) is 0 Å². The molecule has 0 aromatic heterocycles. The minimum absolute atomic E-state index is 0.158. The van der Waals surface area contributed by atoms with Crippen LogP contribution in [0.25, 0.3) is 0 Å². The molecule has 8 nitrogen and oxygen atoms in total. The number of likely N-dealkylation sites (tertiary alicyclic amines) is 1. The Balaban J connectivity index is 1.35. The van der Waals surface area contributed by atoms with E-state index >= 15 is 0 Å². The van der Waals surface area contributed by atoms with Gasteiger partial charge in [0.1, 0.15) is 17.9 Å². The number of nitrogens with zero attached hydrogens (tertiary/aromatic N) is 2. The van der Waals surface area contributed by atoms with Gasteiger partial charge in [-0.1, -0.05) is 23.8 Å². The summed E-state index contributed by atoms with van der Waals surface area (Å²) in [6.07, 6.45) is 0.738. The van der Waals surface area contributed by atoms with Gasteiger partial charge in [-0.25, -0.2) is 4.39 Å². The summed E-state index contributed by atoms with van der Waals surface area (Å²) in [5.41, 5.74) is 2.52. The highest BCUT2D eigenvalue weighted by atomic mass is 19.1. The molecule has 4 atom stereocenters. The van der Waals surface area contributed by atoms with Crippen LogP contribution in [0, 0.1) is 19.7 Å². The summed E-state index contributed by atoms with van der Waals surface area (Å²) in [4.78, 5) is 55.6. The van der Waals surface area contributed by atoms with Gasteiger partial charge in [0.05, 0.1) is 6.04 Å². The van der Waals surface area contributed by atoms with Crippen LogP contribution in [0.2, 0.25) is 0 Å². The fourth-order valence-corrected chi connectivity index (χ4v) is 5.39. The molecule has 5 rings (SSSR count). The molecule has 3 heterocycles. The highest BCUT2D eigenvalue weighted by molar-refractivity contribution is 6.01. The summed E-state index contributed by atoms with van der Waals surface area (Å²) >= 11 is 0. The smallest absolute Gasteiger partial charge is 0.254 e. The van der Waals surface area contributed by atoms with Gasteiger partial charge in [-0.15, -0.1) is 0 Å². The van der Waals surface area contributed by atoms with E-state index in [2.05, 4.69) is 10.6 Å². The zero-order valence-electron chi connectivity index (χ0n) is 19.6. The van der Waals surface area contributed by atoms with E-state index in [4.69, 9.17) is 0 Å². The Morgan fingerprint density at radius 2 is 1.91 bits per heavy atom. The van der Waals surface area contributed by atoms with Gasteiger partial charge >= 0.3 is 0 Å². The molecule has 35 heavy (non-hydrogen) atoms. The van der Waals surface area contributed by atoms with E-state index < -0.39 is 35.9 Å². The summed E-state index contributed by atoms with van der Waals surface area (Å²) < 4.78 is 13.7. The summed E-state index contributed by atoms with van der Waals surface area (Å²) in [5.74, 6) is -1.84. The molecule has 2 aromatic carbocycles. The lowest BCUT2D eigenvalue weighted by atomic mass is 10.0. The molecule has 3 aliphatic rings. The summed E-state index contributed by atoms with van der Waals surface area (Å²) in [5, 5.41) is 5.90. The normalized spacial score (nSPS) is 25.6. The van der Waals surface area contributed by atoms with Crippen molar-refractivity contribution in [1.82, 2.24) is 20.4 Å². The Bertz CT molecular complexity index is 1230. The first-order chi connectivity index (χ1) is 16.7. The highest BCUT2D eigenvalue weighted by Crippen LogP contribution is 2.30. The Labute approximate surface area is 202 Å². The van der Waals surface area contributed by atoms with Crippen molar-refractivity contribution in [2.24, 2.45) is 0 Å². The van der Waals surface area contributed by atoms with Gasteiger partial charge in [0, 0.05) is 30.3 Å². The first-order valence-corrected chi connectivity index (χ1v) is 11.8. The molecule has 0 bridgehead atoms. The Morgan fingerprint density at radius 3 is 2.69 bits per heavy atom. The first-order valence-electron chi connectivity index (χ1n) is 11.8. The number of amides is 4. The number of benzene rings is 2. The molecule has 2 N–H and O–H groups in total. The standard InChI is InChI=1S/C26H27FN4O4/c1-14-6-7-15(2)19(10-14)23(32)28-18-12-21-24(33)29-20-8-9-30(22(20)26(35)31(21)13-18)25(34)16-4-3-5-17(27)11-16/h3-7,10-11,18,20-22H,8-9,12-13H2,1-2H3,(H,28,32)(H,29,33). The van der Waals surface area contributed by atoms with Crippen molar-refractivity contribution in [2.45, 2.75) is 50.9 Å². The molecule has 4 amide bonds. The van der Waals surface area contributed by atoms with Crippen LogP contribution in [-0.2, 0) is 9.59 Å². The minimum Gasteiger partial charge on any atom is -0.349 e. The van der Waals surface area contributed by atoms with Crippen molar-refractivity contribution in [3.8, 4) is 0 Å². The van der Waals surface area contributed by atoms with Crippen molar-refractivity contribution >= 4 is 23.6 Å². The largest absolute Gasteiger partial charge is 0.349 e. The Morgan fingerprint density at radius 1 is 1.11 bits per heavy atom. The second-order valence-electron chi connectivity index (χ2n) is 9.59. The Hall–Kier alpha value is -3.75. The lowest BCUT2D eigenvalue weighted by Gasteiger charge is -2.29. The first kappa shape index (κ1) is 23.0. The lowest BCUT2D eigenvalue weighted by Crippen LogP contribution is -2.52. The molecule has 2 aromatic rings. The number of halogens is 1. The third-order valence-electron chi connectivity index (χ3n) is 7.17. The predicted octanol–water partition coefficient (Wildman–Crippen LogP) is 1.55. The van der Waals surface area contributed by atoms with E-state index in [0.29, 0.717) is 18.4 Å². The number of fused-ring (bicyclic) bond motifs is 2. The van der Waals surface area contributed by atoms with Crippen LogP contribution in [0.3, 0.4) is 0 Å². The summed E-state index contributed by atoms with van der Waals surface area (Å²) in [6, 6.07) is 8.51. The fourth-order valence-electron chi connectivity index (χ4n) is 5.39. The number of aryl methyl sites for hydroxylation is 2. The zero-order valence-corrected chi connectivity index (χ0v) is 19.6. The second kappa shape index (κ2) is 8.79. The summed E-state index contributed by atoms with van der Waals surface area (Å²) in [7, 11) is 0. The molecule has 0 radical (unpaired) electrons. The number of hydrogen-bond donors (Lipinski definition) is 2. The number of hydrogen-bond acceptors (Lipinski definition) is 4. The van der Waals surface area contributed by atoms with E-state index in [1.165, 1.54) is 28.0 Å². The van der Waals surface area contributed by atoms with Crippen molar-refractivity contribution in [1.29, 1.82) is 0 Å². The molecule has 3 fully saturated rings. The maximum Gasteiger partial charge on any atom is 0.254 e. The van der Waals surface area contributed by atoms with E-state index in [1.54, 1.807) is 0 Å². The topological polar surface area (TPSA) is 98.8 Å². The molecule has 4 unspecified atom stereocenters. The quantitative estimate of drug-likeness (QED) is 0.700. The molecule has 0 aliphatic carbocycles. The number of nitrogens with one attached hydrogen (secondary N) is 2. The maximum absolute atomic E-state index is 13.7. The van der Waals surface area contributed by atoms with E-state index in [1.807, 2.05) is 32.0 Å². The third kappa shape index (κ3) is 4.15. The number of carbonyl (C=O) groups excluding carboxylic acids is 4. The maximum atomic E-state index is 13.7. The molecule has 0 saturated carbocycles. The number of rotatable bonds is 3. The fraction of sp³-hybridized carbons (Fsp3) is 0.385. The van der Waals surface area contributed by atoms with Crippen LogP contribution >= 0.6 is 0 Å². The predicted molar refractivity (Wildman–Crippen MR) is 125 cm³/mol. The third-order valence-corrected chi connectivity index (χ3v) is 7.17. The van der Waals surface area contributed by atoms with E-state index in [-0.39, 0.29) is 36.4 Å². The van der Waals surface area contributed by atoms with Gasteiger partial charge in [0.2, 0.25) is 11.8 Å². The van der Waals surface area contributed by atoms with Crippen LogP contribution in [0.1, 0.15) is 44.7 Å². The Kier molecular flexibility index (Phi) is 5.78. The molecule has 182 valence electrons. The molecular weight excluding hydrogens is 451 g/mol. The van der Waals surface area contributed by atoms with Crippen LogP contribution in [0.15, 0.2) is 42.5 Å². The summed E-state index contributed by atoms with van der Waals surface area (Å²) in [6.45, 7) is 4.23. The second-order valence-corrected chi connectivity index (χ2v) is 9.59. The molecule has 0 spiro atoms. The van der Waals surface area contributed by atoms with Gasteiger partial charge in [-0.05, 0) is 56.5 Å². The van der Waals surface area contributed by atoms with E-state index in [0.717, 1.165) is 17.2 Å².